The molecule has 1 aliphatic rings. The van der Waals surface area contributed by atoms with Crippen molar-refractivity contribution < 1.29 is 32.7 Å². The molecule has 2 N–H and O–H groups in total. The van der Waals surface area contributed by atoms with Gasteiger partial charge in [-0.15, -0.1) is 0 Å². The molecule has 1 unspecified atom stereocenters. The van der Waals surface area contributed by atoms with Crippen molar-refractivity contribution in [1.29, 1.82) is 0 Å². The van der Waals surface area contributed by atoms with E-state index in [-0.39, 0.29) is 29.0 Å². The smallest absolute Gasteiger partial charge is 0.261 e. The van der Waals surface area contributed by atoms with E-state index in [1.807, 2.05) is 0 Å². The van der Waals surface area contributed by atoms with Crippen molar-refractivity contribution in [2.75, 3.05) is 19.4 Å². The lowest BCUT2D eigenvalue weighted by Gasteiger charge is -2.19. The topological polar surface area (TPSA) is 130 Å². The lowest BCUT2D eigenvalue weighted by atomic mass is 10.1. The monoisotopic (exact) mass is 432 g/mol. The van der Waals surface area contributed by atoms with E-state index in [2.05, 4.69) is 0 Å². The molecule has 3 amide bonds. The summed E-state index contributed by atoms with van der Waals surface area (Å²) in [4.78, 5) is 37.9. The van der Waals surface area contributed by atoms with Crippen molar-refractivity contribution in [2.24, 2.45) is 5.92 Å². The second kappa shape index (κ2) is 8.64. The van der Waals surface area contributed by atoms with E-state index in [1.54, 1.807) is 12.1 Å². The molecule has 0 aromatic heterocycles. The number of nitrogens with one attached hydrogen (secondary N) is 1. The lowest BCUT2D eigenvalue weighted by molar-refractivity contribution is -0.133. The van der Waals surface area contributed by atoms with Gasteiger partial charge in [-0.3, -0.25) is 24.5 Å². The SMILES string of the molecule is COc1ccc(S(=O)(=O)CC(CCN2C(=O)c3ccccc3C2=O)C(=O)NO)cc1. The first-order valence-corrected chi connectivity index (χ1v) is 10.7. The Hall–Kier alpha value is -3.24. The maximum absolute atomic E-state index is 12.7. The molecule has 10 heteroatoms. The number of benzene rings is 2. The second-order valence-electron chi connectivity index (χ2n) is 6.73. The van der Waals surface area contributed by atoms with Gasteiger partial charge in [0, 0.05) is 6.54 Å². The van der Waals surface area contributed by atoms with Crippen molar-refractivity contribution in [2.45, 2.75) is 11.3 Å². The standard InChI is InChI=1S/C20H20N2O7S/c1-29-14-6-8-15(9-7-14)30(27,28)12-13(18(23)21-26)10-11-22-19(24)16-4-2-3-5-17(16)20(22)25/h2-9,13,26H,10-12H2,1H3,(H,21,23). The Morgan fingerprint density at radius 3 is 2.13 bits per heavy atom. The number of nitrogens with zero attached hydrogens (tertiary/aromatic N) is 1. The van der Waals surface area contributed by atoms with Gasteiger partial charge in [0.2, 0.25) is 5.91 Å². The summed E-state index contributed by atoms with van der Waals surface area (Å²) in [6, 6.07) is 12.0. The molecule has 158 valence electrons. The van der Waals surface area contributed by atoms with Crippen molar-refractivity contribution in [3.8, 4) is 5.75 Å². The highest BCUT2D eigenvalue weighted by Gasteiger charge is 2.36. The van der Waals surface area contributed by atoms with Gasteiger partial charge in [-0.2, -0.15) is 0 Å². The molecule has 1 aliphatic heterocycles. The van der Waals surface area contributed by atoms with Crippen molar-refractivity contribution >= 4 is 27.6 Å². The predicted octanol–water partition coefficient (Wildman–Crippen LogP) is 1.28. The van der Waals surface area contributed by atoms with Crippen LogP contribution in [0.4, 0.5) is 0 Å². The van der Waals surface area contributed by atoms with Crippen LogP contribution in [0.5, 0.6) is 5.75 Å². The number of sulfone groups is 1. The second-order valence-corrected chi connectivity index (χ2v) is 8.76. The van der Waals surface area contributed by atoms with E-state index in [4.69, 9.17) is 9.94 Å². The molecular weight excluding hydrogens is 412 g/mol. The Bertz CT molecular complexity index is 1050. The average Bonchev–Trinajstić information content (AvgIpc) is 3.00. The fourth-order valence-corrected chi connectivity index (χ4v) is 4.84. The summed E-state index contributed by atoms with van der Waals surface area (Å²) in [5, 5.41) is 9.02. The number of rotatable bonds is 8. The number of methoxy groups -OCH3 is 1. The molecule has 3 rings (SSSR count). The molecular formula is C20H20N2O7S. The number of carbonyl (C=O) groups excluding carboxylic acids is 3. The van der Waals surface area contributed by atoms with E-state index in [0.29, 0.717) is 5.75 Å². The Morgan fingerprint density at radius 2 is 1.63 bits per heavy atom. The van der Waals surface area contributed by atoms with Gasteiger partial charge in [0.1, 0.15) is 5.75 Å². The van der Waals surface area contributed by atoms with Crippen LogP contribution in [-0.4, -0.2) is 55.7 Å². The minimum atomic E-state index is -3.88. The van der Waals surface area contributed by atoms with Crippen molar-refractivity contribution in [3.63, 3.8) is 0 Å². The summed E-state index contributed by atoms with van der Waals surface area (Å²) < 4.78 is 30.4. The van der Waals surface area contributed by atoms with Crippen LogP contribution in [-0.2, 0) is 14.6 Å². The van der Waals surface area contributed by atoms with Gasteiger partial charge in [-0.05, 0) is 42.8 Å². The highest BCUT2D eigenvalue weighted by molar-refractivity contribution is 7.91. The van der Waals surface area contributed by atoms with Crippen LogP contribution in [0.3, 0.4) is 0 Å². The Morgan fingerprint density at radius 1 is 1.07 bits per heavy atom. The molecule has 1 heterocycles. The Balaban J connectivity index is 1.75. The molecule has 0 radical (unpaired) electrons. The number of hydrogen-bond donors (Lipinski definition) is 2. The van der Waals surface area contributed by atoms with Gasteiger partial charge >= 0.3 is 0 Å². The van der Waals surface area contributed by atoms with Crippen LogP contribution in [0.1, 0.15) is 27.1 Å². The summed E-state index contributed by atoms with van der Waals surface area (Å²) in [5.41, 5.74) is 1.98. The summed E-state index contributed by atoms with van der Waals surface area (Å²) in [6.07, 6.45) is -0.132. The molecule has 1 atom stereocenters. The van der Waals surface area contributed by atoms with Crippen LogP contribution in [0.25, 0.3) is 0 Å². The predicted molar refractivity (Wildman–Crippen MR) is 105 cm³/mol. The quantitative estimate of drug-likeness (QED) is 0.365. The maximum Gasteiger partial charge on any atom is 0.261 e. The van der Waals surface area contributed by atoms with Gasteiger partial charge < -0.3 is 4.74 Å². The maximum atomic E-state index is 12.7. The van der Waals surface area contributed by atoms with E-state index >= 15 is 0 Å². The average molecular weight is 432 g/mol. The molecule has 2 aromatic rings. The number of amides is 3. The first kappa shape index (κ1) is 21.5. The Kier molecular flexibility index (Phi) is 6.18. The normalized spacial score (nSPS) is 14.4. The molecule has 2 aromatic carbocycles. The molecule has 0 saturated carbocycles. The zero-order chi connectivity index (χ0) is 21.9. The lowest BCUT2D eigenvalue weighted by Crippen LogP contribution is -2.37. The molecule has 0 fully saturated rings. The number of carbonyl (C=O) groups is 3. The molecule has 30 heavy (non-hydrogen) atoms. The van der Waals surface area contributed by atoms with Crippen LogP contribution in [0.2, 0.25) is 0 Å². The minimum Gasteiger partial charge on any atom is -0.497 e. The number of hydrogen-bond acceptors (Lipinski definition) is 7. The highest BCUT2D eigenvalue weighted by atomic mass is 32.2. The number of imide groups is 1. The van der Waals surface area contributed by atoms with Gasteiger partial charge in [0.05, 0.1) is 34.8 Å². The number of fused-ring (bicyclic) bond motifs is 1. The van der Waals surface area contributed by atoms with Crippen LogP contribution < -0.4 is 10.2 Å². The molecule has 9 nitrogen and oxygen atoms in total. The summed E-state index contributed by atoms with van der Waals surface area (Å²) in [7, 11) is -2.43. The number of hydroxylamine groups is 1. The zero-order valence-electron chi connectivity index (χ0n) is 16.1. The minimum absolute atomic E-state index is 0.0141. The molecule has 0 bridgehead atoms. The third-order valence-corrected chi connectivity index (χ3v) is 6.73. The van der Waals surface area contributed by atoms with Crippen molar-refractivity contribution in [1.82, 2.24) is 10.4 Å². The molecule has 0 aliphatic carbocycles. The van der Waals surface area contributed by atoms with Gasteiger partial charge in [0.25, 0.3) is 11.8 Å². The van der Waals surface area contributed by atoms with Crippen LogP contribution >= 0.6 is 0 Å². The highest BCUT2D eigenvalue weighted by Crippen LogP contribution is 2.24. The van der Waals surface area contributed by atoms with Gasteiger partial charge in [-0.25, -0.2) is 13.9 Å². The van der Waals surface area contributed by atoms with E-state index in [1.165, 1.54) is 49.0 Å². The number of ether oxygens (including phenoxy) is 1. The van der Waals surface area contributed by atoms with E-state index in [9.17, 15) is 22.8 Å². The third kappa shape index (κ3) is 4.19. The van der Waals surface area contributed by atoms with E-state index < -0.39 is 39.2 Å². The van der Waals surface area contributed by atoms with Gasteiger partial charge in [-0.1, -0.05) is 12.1 Å². The van der Waals surface area contributed by atoms with Gasteiger partial charge in [0.15, 0.2) is 9.84 Å². The van der Waals surface area contributed by atoms with E-state index in [0.717, 1.165) is 4.90 Å². The first-order valence-electron chi connectivity index (χ1n) is 9.04. The summed E-state index contributed by atoms with van der Waals surface area (Å²) in [5.74, 6) is -3.22. The van der Waals surface area contributed by atoms with Crippen molar-refractivity contribution in [3.05, 3.63) is 59.7 Å². The zero-order valence-corrected chi connectivity index (χ0v) is 16.9. The fraction of sp³-hybridized carbons (Fsp3) is 0.250. The summed E-state index contributed by atoms with van der Waals surface area (Å²) in [6.45, 7) is -0.164. The largest absolute Gasteiger partial charge is 0.497 e. The molecule has 0 saturated heterocycles. The van der Waals surface area contributed by atoms with Crippen LogP contribution in [0, 0.1) is 5.92 Å². The first-order chi connectivity index (χ1) is 14.3. The summed E-state index contributed by atoms with van der Waals surface area (Å²) >= 11 is 0. The third-order valence-electron chi connectivity index (χ3n) is 4.90. The molecule has 0 spiro atoms. The fourth-order valence-electron chi connectivity index (χ4n) is 3.25. The van der Waals surface area contributed by atoms with Crippen LogP contribution in [0.15, 0.2) is 53.4 Å². The Labute approximate surface area is 173 Å².